The fourth-order valence-corrected chi connectivity index (χ4v) is 5.20. The topological polar surface area (TPSA) is 119 Å². The standard InChI is InChI=1S/C20H30N4O4S/c21-29(27,28)19-3-1-2-18(24(25)26)20(19)22-16-8-10-17(11-9-16)23(12-14-4-5-14)13-15-6-7-15/h1-3,14-17,22H,4-13H2,(H2,21,27,28). The van der Waals surface area contributed by atoms with Crippen LogP contribution in [0.3, 0.4) is 0 Å². The number of nitrogens with one attached hydrogen (secondary N) is 1. The zero-order valence-corrected chi connectivity index (χ0v) is 17.4. The van der Waals surface area contributed by atoms with Crippen LogP contribution in [0.15, 0.2) is 23.1 Å². The van der Waals surface area contributed by atoms with Crippen LogP contribution in [0.25, 0.3) is 0 Å². The van der Waals surface area contributed by atoms with Crippen molar-refractivity contribution < 1.29 is 13.3 Å². The molecule has 0 radical (unpaired) electrons. The van der Waals surface area contributed by atoms with Gasteiger partial charge < -0.3 is 5.32 Å². The van der Waals surface area contributed by atoms with E-state index in [0.717, 1.165) is 37.5 Å². The Bertz CT molecular complexity index is 845. The Morgan fingerprint density at radius 1 is 1.03 bits per heavy atom. The fourth-order valence-electron chi connectivity index (χ4n) is 4.48. The van der Waals surface area contributed by atoms with Crippen LogP contribution in [-0.4, -0.2) is 43.4 Å². The highest BCUT2D eigenvalue weighted by Gasteiger charge is 2.35. The van der Waals surface area contributed by atoms with Crippen LogP contribution in [0.2, 0.25) is 0 Å². The first-order chi connectivity index (χ1) is 13.8. The van der Waals surface area contributed by atoms with Gasteiger partial charge in [-0.1, -0.05) is 6.07 Å². The minimum Gasteiger partial charge on any atom is -0.376 e. The lowest BCUT2D eigenvalue weighted by Crippen LogP contribution is -2.42. The molecule has 0 aliphatic heterocycles. The minimum absolute atomic E-state index is 0.0107. The molecule has 1 aromatic rings. The molecule has 0 saturated heterocycles. The lowest BCUT2D eigenvalue weighted by molar-refractivity contribution is -0.384. The van der Waals surface area contributed by atoms with Crippen LogP contribution in [0.1, 0.15) is 51.4 Å². The van der Waals surface area contributed by atoms with Crippen molar-refractivity contribution in [3.8, 4) is 0 Å². The molecule has 3 aliphatic carbocycles. The van der Waals surface area contributed by atoms with E-state index in [1.54, 1.807) is 0 Å². The maximum absolute atomic E-state index is 11.9. The summed E-state index contributed by atoms with van der Waals surface area (Å²) in [5.74, 6) is 1.74. The molecule has 9 heteroatoms. The number of primary sulfonamides is 1. The van der Waals surface area contributed by atoms with Crippen LogP contribution in [-0.2, 0) is 10.0 Å². The van der Waals surface area contributed by atoms with E-state index in [9.17, 15) is 18.5 Å². The molecule has 3 aliphatic rings. The molecule has 0 spiro atoms. The third-order valence-electron chi connectivity index (χ3n) is 6.45. The van der Waals surface area contributed by atoms with Gasteiger partial charge in [-0.25, -0.2) is 13.6 Å². The predicted molar refractivity (Wildman–Crippen MR) is 111 cm³/mol. The van der Waals surface area contributed by atoms with Crippen LogP contribution in [0, 0.1) is 22.0 Å². The molecule has 160 valence electrons. The summed E-state index contributed by atoms with van der Waals surface area (Å²) in [7, 11) is -4.05. The highest BCUT2D eigenvalue weighted by atomic mass is 32.2. The molecule has 3 N–H and O–H groups in total. The number of hydrogen-bond donors (Lipinski definition) is 2. The van der Waals surface area contributed by atoms with Gasteiger partial charge in [0, 0.05) is 31.2 Å². The van der Waals surface area contributed by atoms with E-state index in [1.807, 2.05) is 0 Å². The van der Waals surface area contributed by atoms with Crippen LogP contribution >= 0.6 is 0 Å². The second-order valence-corrected chi connectivity index (χ2v) is 10.5. The molecule has 1 aromatic carbocycles. The number of nitro benzene ring substituents is 1. The SMILES string of the molecule is NS(=O)(=O)c1cccc([N+](=O)[O-])c1NC1CCC(N(CC2CC2)CC2CC2)CC1. The zero-order chi connectivity index (χ0) is 20.6. The summed E-state index contributed by atoms with van der Waals surface area (Å²) in [4.78, 5) is 13.3. The van der Waals surface area contributed by atoms with Crippen molar-refractivity contribution >= 4 is 21.4 Å². The fraction of sp³-hybridized carbons (Fsp3) is 0.700. The molecule has 0 atom stereocenters. The number of rotatable bonds is 9. The summed E-state index contributed by atoms with van der Waals surface area (Å²) in [5.41, 5.74) is -0.223. The smallest absolute Gasteiger partial charge is 0.293 e. The van der Waals surface area contributed by atoms with Gasteiger partial charge in [0.25, 0.3) is 5.69 Å². The molecular formula is C20H30N4O4S. The molecular weight excluding hydrogens is 392 g/mol. The first-order valence-electron chi connectivity index (χ1n) is 10.6. The number of nitrogens with two attached hydrogens (primary N) is 1. The summed E-state index contributed by atoms with van der Waals surface area (Å²) in [6, 6.07) is 4.57. The quantitative estimate of drug-likeness (QED) is 0.466. The Morgan fingerprint density at radius 2 is 1.62 bits per heavy atom. The number of sulfonamides is 1. The average molecular weight is 423 g/mol. The summed E-state index contributed by atoms with van der Waals surface area (Å²) < 4.78 is 23.9. The Morgan fingerprint density at radius 3 is 2.10 bits per heavy atom. The van der Waals surface area contributed by atoms with E-state index in [4.69, 9.17) is 5.14 Å². The first kappa shape index (κ1) is 20.6. The molecule has 29 heavy (non-hydrogen) atoms. The van der Waals surface area contributed by atoms with Gasteiger partial charge in [0.1, 0.15) is 10.6 Å². The highest BCUT2D eigenvalue weighted by Crippen LogP contribution is 2.38. The van der Waals surface area contributed by atoms with Crippen molar-refractivity contribution in [1.29, 1.82) is 0 Å². The van der Waals surface area contributed by atoms with E-state index in [1.165, 1.54) is 57.0 Å². The molecule has 3 saturated carbocycles. The van der Waals surface area contributed by atoms with Crippen molar-refractivity contribution in [3.05, 3.63) is 28.3 Å². The van der Waals surface area contributed by atoms with Crippen molar-refractivity contribution in [2.75, 3.05) is 18.4 Å². The molecule has 3 fully saturated rings. The molecule has 0 unspecified atom stereocenters. The van der Waals surface area contributed by atoms with Gasteiger partial charge in [-0.05, 0) is 69.3 Å². The molecule has 0 amide bonds. The predicted octanol–water partition coefficient (Wildman–Crippen LogP) is 3.09. The molecule has 0 bridgehead atoms. The van der Waals surface area contributed by atoms with Gasteiger partial charge in [-0.3, -0.25) is 15.0 Å². The Kier molecular flexibility index (Phi) is 5.81. The largest absolute Gasteiger partial charge is 0.376 e. The lowest BCUT2D eigenvalue weighted by atomic mass is 9.89. The molecule has 0 heterocycles. The Hall–Kier alpha value is -1.71. The average Bonchev–Trinajstić information content (AvgIpc) is 3.57. The van der Waals surface area contributed by atoms with Gasteiger partial charge in [-0.2, -0.15) is 0 Å². The monoisotopic (exact) mass is 422 g/mol. The maximum atomic E-state index is 11.9. The summed E-state index contributed by atoms with van der Waals surface area (Å²) in [6.45, 7) is 2.41. The third kappa shape index (κ3) is 5.26. The van der Waals surface area contributed by atoms with Crippen molar-refractivity contribution in [1.82, 2.24) is 4.90 Å². The van der Waals surface area contributed by atoms with Crippen molar-refractivity contribution in [2.24, 2.45) is 17.0 Å². The van der Waals surface area contributed by atoms with Crippen molar-refractivity contribution in [2.45, 2.75) is 68.3 Å². The molecule has 0 aromatic heterocycles. The second kappa shape index (κ2) is 8.20. The summed E-state index contributed by atoms with van der Waals surface area (Å²) >= 11 is 0. The number of nitrogens with zero attached hydrogens (tertiary/aromatic N) is 2. The molecule has 8 nitrogen and oxygen atoms in total. The minimum atomic E-state index is -4.05. The van der Waals surface area contributed by atoms with Crippen molar-refractivity contribution in [3.63, 3.8) is 0 Å². The van der Waals surface area contributed by atoms with Crippen LogP contribution in [0.5, 0.6) is 0 Å². The maximum Gasteiger partial charge on any atom is 0.293 e. The Labute approximate surface area is 172 Å². The molecule has 4 rings (SSSR count). The first-order valence-corrected chi connectivity index (χ1v) is 12.2. The van der Waals surface area contributed by atoms with E-state index in [-0.39, 0.29) is 22.3 Å². The highest BCUT2D eigenvalue weighted by molar-refractivity contribution is 7.89. The normalized spacial score (nSPS) is 25.2. The van der Waals surface area contributed by atoms with Crippen LogP contribution in [0.4, 0.5) is 11.4 Å². The van der Waals surface area contributed by atoms with E-state index in [2.05, 4.69) is 10.2 Å². The number of benzene rings is 1. The number of hydrogen-bond acceptors (Lipinski definition) is 6. The van der Waals surface area contributed by atoms with Gasteiger partial charge in [-0.15, -0.1) is 0 Å². The van der Waals surface area contributed by atoms with E-state index < -0.39 is 14.9 Å². The zero-order valence-electron chi connectivity index (χ0n) is 16.6. The van der Waals surface area contributed by atoms with E-state index >= 15 is 0 Å². The van der Waals surface area contributed by atoms with E-state index in [0.29, 0.717) is 6.04 Å². The van der Waals surface area contributed by atoms with Crippen LogP contribution < -0.4 is 10.5 Å². The summed E-state index contributed by atoms with van der Waals surface area (Å²) in [6.07, 6.45) is 9.21. The Balaban J connectivity index is 1.43. The van der Waals surface area contributed by atoms with Gasteiger partial charge in [0.15, 0.2) is 0 Å². The number of anilines is 1. The number of nitro groups is 1. The summed E-state index contributed by atoms with van der Waals surface area (Å²) in [5, 5.41) is 19.9. The number of para-hydroxylation sites is 1. The van der Waals surface area contributed by atoms with Gasteiger partial charge >= 0.3 is 0 Å². The van der Waals surface area contributed by atoms with Gasteiger partial charge in [0.05, 0.1) is 4.92 Å². The lowest BCUT2D eigenvalue weighted by Gasteiger charge is -2.37. The van der Waals surface area contributed by atoms with Gasteiger partial charge in [0.2, 0.25) is 10.0 Å². The second-order valence-electron chi connectivity index (χ2n) is 8.94. The third-order valence-corrected chi connectivity index (χ3v) is 7.40.